The highest BCUT2D eigenvalue weighted by Gasteiger charge is 2.34. The summed E-state index contributed by atoms with van der Waals surface area (Å²) in [5, 5.41) is 2.97. The number of ether oxygens (including phenoxy) is 1. The second-order valence-corrected chi connectivity index (χ2v) is 7.56. The first-order valence-electron chi connectivity index (χ1n) is 9.88. The van der Waals surface area contributed by atoms with Crippen LogP contribution in [0.5, 0.6) is 5.75 Å². The molecule has 5 heteroatoms. The van der Waals surface area contributed by atoms with Crippen LogP contribution >= 0.6 is 0 Å². The van der Waals surface area contributed by atoms with Gasteiger partial charge < -0.3 is 15.0 Å². The summed E-state index contributed by atoms with van der Waals surface area (Å²) in [6.07, 6.45) is 0.961. The van der Waals surface area contributed by atoms with Crippen molar-refractivity contribution in [3.63, 3.8) is 0 Å². The quantitative estimate of drug-likeness (QED) is 0.823. The first kappa shape index (κ1) is 19.9. The Morgan fingerprint density at radius 1 is 1.14 bits per heavy atom. The largest absolute Gasteiger partial charge is 0.494 e. The van der Waals surface area contributed by atoms with Gasteiger partial charge in [0, 0.05) is 31.1 Å². The fourth-order valence-corrected chi connectivity index (χ4v) is 3.54. The zero-order valence-electron chi connectivity index (χ0n) is 16.8. The zero-order chi connectivity index (χ0) is 20.1. The lowest BCUT2D eigenvalue weighted by Gasteiger charge is -2.36. The van der Waals surface area contributed by atoms with Crippen molar-refractivity contribution in [1.82, 2.24) is 4.90 Å². The van der Waals surface area contributed by atoms with E-state index in [1.54, 1.807) is 11.0 Å². The van der Waals surface area contributed by atoms with E-state index in [4.69, 9.17) is 4.74 Å². The summed E-state index contributed by atoms with van der Waals surface area (Å²) in [4.78, 5) is 27.7. The van der Waals surface area contributed by atoms with Crippen molar-refractivity contribution in [1.29, 1.82) is 0 Å². The van der Waals surface area contributed by atoms with Gasteiger partial charge in [-0.2, -0.15) is 0 Å². The molecule has 2 aromatic carbocycles. The van der Waals surface area contributed by atoms with E-state index in [1.807, 2.05) is 63.2 Å². The number of anilines is 1. The molecule has 1 aliphatic rings. The first-order valence-corrected chi connectivity index (χ1v) is 9.88. The number of hydrogen-bond acceptors (Lipinski definition) is 3. The van der Waals surface area contributed by atoms with Gasteiger partial charge in [-0.15, -0.1) is 0 Å². The van der Waals surface area contributed by atoms with E-state index >= 15 is 0 Å². The maximum Gasteiger partial charge on any atom is 0.247 e. The summed E-state index contributed by atoms with van der Waals surface area (Å²) in [5.74, 6) is 0.811. The summed E-state index contributed by atoms with van der Waals surface area (Å²) in [6.45, 7) is 6.99. The van der Waals surface area contributed by atoms with E-state index < -0.39 is 6.04 Å². The summed E-state index contributed by atoms with van der Waals surface area (Å²) >= 11 is 0. The van der Waals surface area contributed by atoms with Gasteiger partial charge in [0.2, 0.25) is 11.8 Å². The molecule has 2 aromatic rings. The van der Waals surface area contributed by atoms with Gasteiger partial charge in [-0.25, -0.2) is 0 Å². The molecular weight excluding hydrogens is 352 g/mol. The lowest BCUT2D eigenvalue weighted by atomic mass is 9.92. The standard InChI is InChI=1S/C23H28N2O3/c1-4-28-20-11-7-10-19(14-20)24-23(27)21-13-17-8-5-6-9-18(17)15-25(21)22(26)12-16(2)3/h5-11,14,16,21H,4,12-13,15H2,1-3H3,(H,24,27). The minimum absolute atomic E-state index is 0.0210. The summed E-state index contributed by atoms with van der Waals surface area (Å²) < 4.78 is 5.51. The van der Waals surface area contributed by atoms with Gasteiger partial charge in [-0.05, 0) is 36.1 Å². The molecule has 1 N–H and O–H groups in total. The first-order chi connectivity index (χ1) is 13.5. The van der Waals surface area contributed by atoms with Crippen molar-refractivity contribution in [3.8, 4) is 5.75 Å². The Kier molecular flexibility index (Phi) is 6.34. The molecule has 1 unspecified atom stereocenters. The average molecular weight is 380 g/mol. The average Bonchev–Trinajstić information content (AvgIpc) is 2.67. The van der Waals surface area contributed by atoms with Crippen molar-refractivity contribution >= 4 is 17.5 Å². The smallest absolute Gasteiger partial charge is 0.247 e. The molecule has 0 spiro atoms. The van der Waals surface area contributed by atoms with Gasteiger partial charge in [0.15, 0.2) is 0 Å². The van der Waals surface area contributed by atoms with Crippen LogP contribution in [0.3, 0.4) is 0 Å². The fraction of sp³-hybridized carbons (Fsp3) is 0.391. The third-order valence-electron chi connectivity index (χ3n) is 4.87. The van der Waals surface area contributed by atoms with Crippen molar-refractivity contribution in [2.75, 3.05) is 11.9 Å². The third kappa shape index (κ3) is 4.71. The number of benzene rings is 2. The highest BCUT2D eigenvalue weighted by molar-refractivity contribution is 5.97. The molecule has 0 saturated carbocycles. The third-order valence-corrected chi connectivity index (χ3v) is 4.87. The van der Waals surface area contributed by atoms with E-state index in [9.17, 15) is 9.59 Å². The van der Waals surface area contributed by atoms with E-state index in [0.29, 0.717) is 37.4 Å². The minimum Gasteiger partial charge on any atom is -0.494 e. The van der Waals surface area contributed by atoms with E-state index in [-0.39, 0.29) is 17.7 Å². The molecular formula is C23H28N2O3. The van der Waals surface area contributed by atoms with Crippen molar-refractivity contribution < 1.29 is 14.3 Å². The topological polar surface area (TPSA) is 58.6 Å². The number of hydrogen-bond donors (Lipinski definition) is 1. The summed E-state index contributed by atoms with van der Waals surface area (Å²) in [7, 11) is 0. The Morgan fingerprint density at radius 3 is 2.61 bits per heavy atom. The zero-order valence-corrected chi connectivity index (χ0v) is 16.8. The highest BCUT2D eigenvalue weighted by atomic mass is 16.5. The Labute approximate surface area is 166 Å². The molecule has 0 fully saturated rings. The van der Waals surface area contributed by atoms with Gasteiger partial charge in [0.05, 0.1) is 6.61 Å². The molecule has 1 atom stereocenters. The molecule has 1 heterocycles. The van der Waals surface area contributed by atoms with Crippen LogP contribution in [-0.2, 0) is 22.6 Å². The molecule has 5 nitrogen and oxygen atoms in total. The van der Waals surface area contributed by atoms with Crippen molar-refractivity contribution in [3.05, 3.63) is 59.7 Å². The molecule has 3 rings (SSSR count). The lowest BCUT2D eigenvalue weighted by Crippen LogP contribution is -2.50. The van der Waals surface area contributed by atoms with Crippen LogP contribution in [0.25, 0.3) is 0 Å². The number of fused-ring (bicyclic) bond motifs is 1. The van der Waals surface area contributed by atoms with E-state index in [0.717, 1.165) is 11.1 Å². The Hall–Kier alpha value is -2.82. The summed E-state index contributed by atoms with van der Waals surface area (Å²) in [6, 6.07) is 14.8. The number of amides is 2. The van der Waals surface area contributed by atoms with E-state index in [2.05, 4.69) is 5.32 Å². The second-order valence-electron chi connectivity index (χ2n) is 7.56. The van der Waals surface area contributed by atoms with Gasteiger partial charge in [0.25, 0.3) is 0 Å². The number of carbonyl (C=O) groups is 2. The number of carbonyl (C=O) groups excluding carboxylic acids is 2. The van der Waals surface area contributed by atoms with Crippen LogP contribution in [0.15, 0.2) is 48.5 Å². The fourth-order valence-electron chi connectivity index (χ4n) is 3.54. The number of nitrogens with one attached hydrogen (secondary N) is 1. The molecule has 0 radical (unpaired) electrons. The molecule has 1 aliphatic heterocycles. The maximum atomic E-state index is 13.1. The molecule has 0 bridgehead atoms. The molecule has 148 valence electrons. The Balaban J connectivity index is 1.82. The SMILES string of the molecule is CCOc1cccc(NC(=O)C2Cc3ccccc3CN2C(=O)CC(C)C)c1. The van der Waals surface area contributed by atoms with Crippen molar-refractivity contribution in [2.24, 2.45) is 5.92 Å². The highest BCUT2D eigenvalue weighted by Crippen LogP contribution is 2.26. The molecule has 0 aliphatic carbocycles. The predicted molar refractivity (Wildman–Crippen MR) is 110 cm³/mol. The second kappa shape index (κ2) is 8.91. The monoisotopic (exact) mass is 380 g/mol. The minimum atomic E-state index is -0.517. The normalized spacial score (nSPS) is 15.9. The molecule has 0 aromatic heterocycles. The lowest BCUT2D eigenvalue weighted by molar-refractivity contribution is -0.140. The number of nitrogens with zero attached hydrogens (tertiary/aromatic N) is 1. The Bertz CT molecular complexity index is 847. The molecule has 0 saturated heterocycles. The van der Waals surface area contributed by atoms with Crippen LogP contribution < -0.4 is 10.1 Å². The Morgan fingerprint density at radius 2 is 1.89 bits per heavy atom. The van der Waals surface area contributed by atoms with E-state index in [1.165, 1.54) is 0 Å². The predicted octanol–water partition coefficient (Wildman–Crippen LogP) is 4.02. The van der Waals surface area contributed by atoms with Crippen LogP contribution in [0, 0.1) is 5.92 Å². The number of rotatable bonds is 6. The van der Waals surface area contributed by atoms with Gasteiger partial charge >= 0.3 is 0 Å². The van der Waals surface area contributed by atoms with Gasteiger partial charge in [-0.3, -0.25) is 9.59 Å². The summed E-state index contributed by atoms with van der Waals surface area (Å²) in [5.41, 5.74) is 2.91. The van der Waals surface area contributed by atoms with Gasteiger partial charge in [0.1, 0.15) is 11.8 Å². The molecule has 28 heavy (non-hydrogen) atoms. The van der Waals surface area contributed by atoms with Crippen LogP contribution in [0.2, 0.25) is 0 Å². The molecule has 2 amide bonds. The van der Waals surface area contributed by atoms with Crippen molar-refractivity contribution in [2.45, 2.75) is 46.2 Å². The van der Waals surface area contributed by atoms with Crippen LogP contribution in [-0.4, -0.2) is 29.4 Å². The maximum absolute atomic E-state index is 13.1. The van der Waals surface area contributed by atoms with Crippen LogP contribution in [0.4, 0.5) is 5.69 Å². The van der Waals surface area contributed by atoms with Crippen LogP contribution in [0.1, 0.15) is 38.3 Å². The van der Waals surface area contributed by atoms with Gasteiger partial charge in [-0.1, -0.05) is 44.2 Å².